The minimum absolute atomic E-state index is 0.149. The van der Waals surface area contributed by atoms with E-state index < -0.39 is 5.91 Å². The molecule has 0 spiro atoms. The van der Waals surface area contributed by atoms with Crippen molar-refractivity contribution in [2.75, 3.05) is 19.6 Å². The number of hydrogen-bond donors (Lipinski definition) is 2. The van der Waals surface area contributed by atoms with Crippen LogP contribution in [0.3, 0.4) is 0 Å². The molecule has 0 bridgehead atoms. The van der Waals surface area contributed by atoms with Gasteiger partial charge in [0.1, 0.15) is 6.54 Å². The van der Waals surface area contributed by atoms with Crippen molar-refractivity contribution in [1.82, 2.24) is 15.5 Å². The van der Waals surface area contributed by atoms with Gasteiger partial charge in [0.05, 0.1) is 18.4 Å². The van der Waals surface area contributed by atoms with Gasteiger partial charge in [0.25, 0.3) is 0 Å². The van der Waals surface area contributed by atoms with E-state index in [2.05, 4.69) is 10.6 Å². The van der Waals surface area contributed by atoms with Gasteiger partial charge in [0.2, 0.25) is 23.6 Å². The van der Waals surface area contributed by atoms with Crippen molar-refractivity contribution in [1.29, 1.82) is 0 Å². The van der Waals surface area contributed by atoms with E-state index in [-0.39, 0.29) is 42.6 Å². The third-order valence-corrected chi connectivity index (χ3v) is 3.92. The molecule has 1 fully saturated rings. The van der Waals surface area contributed by atoms with Gasteiger partial charge in [-0.25, -0.2) is 0 Å². The maximum absolute atomic E-state index is 12.2. The summed E-state index contributed by atoms with van der Waals surface area (Å²) in [6, 6.07) is 0. The van der Waals surface area contributed by atoms with E-state index in [1.54, 1.807) is 0 Å². The first-order valence-electron chi connectivity index (χ1n) is 7.58. The highest BCUT2D eigenvalue weighted by Gasteiger charge is 2.47. The fraction of sp³-hybridized carbons (Fsp3) is 0.600. The van der Waals surface area contributed by atoms with Crippen molar-refractivity contribution >= 4 is 23.6 Å². The highest BCUT2D eigenvalue weighted by atomic mass is 16.2. The molecule has 4 amide bonds. The largest absolute Gasteiger partial charge is 0.355 e. The molecule has 1 saturated heterocycles. The second-order valence-electron chi connectivity index (χ2n) is 5.55. The first-order chi connectivity index (χ1) is 10.5. The van der Waals surface area contributed by atoms with Crippen LogP contribution in [0.25, 0.3) is 0 Å². The Labute approximate surface area is 129 Å². The quantitative estimate of drug-likeness (QED) is 0.514. The van der Waals surface area contributed by atoms with Gasteiger partial charge in [-0.05, 0) is 19.3 Å². The van der Waals surface area contributed by atoms with E-state index >= 15 is 0 Å². The van der Waals surface area contributed by atoms with Gasteiger partial charge >= 0.3 is 0 Å². The number of nitrogens with zero attached hydrogens (tertiary/aromatic N) is 1. The second kappa shape index (κ2) is 7.20. The number of nitrogens with one attached hydrogen (secondary N) is 2. The number of carbonyl (C=O) groups excluding carboxylic acids is 4. The van der Waals surface area contributed by atoms with Crippen molar-refractivity contribution in [3.63, 3.8) is 0 Å². The number of amides is 4. The molecule has 0 aromatic rings. The van der Waals surface area contributed by atoms with Crippen LogP contribution in [0.5, 0.6) is 0 Å². The Morgan fingerprint density at radius 1 is 1.09 bits per heavy atom. The third-order valence-electron chi connectivity index (χ3n) is 3.92. The van der Waals surface area contributed by atoms with Crippen molar-refractivity contribution in [3.05, 3.63) is 12.2 Å². The van der Waals surface area contributed by atoms with Gasteiger partial charge in [-0.2, -0.15) is 0 Å². The molecule has 2 atom stereocenters. The third kappa shape index (κ3) is 3.52. The topological polar surface area (TPSA) is 95.6 Å². The van der Waals surface area contributed by atoms with Gasteiger partial charge in [-0.15, -0.1) is 0 Å². The van der Waals surface area contributed by atoms with Gasteiger partial charge in [0.15, 0.2) is 0 Å². The molecule has 0 radical (unpaired) electrons. The number of fused-ring (bicyclic) bond motifs is 1. The molecule has 2 aliphatic rings. The highest BCUT2D eigenvalue weighted by Crippen LogP contribution is 2.34. The first kappa shape index (κ1) is 16.2. The molecule has 2 N–H and O–H groups in total. The average molecular weight is 307 g/mol. The number of carbonyl (C=O) groups is 4. The van der Waals surface area contributed by atoms with Gasteiger partial charge in [-0.3, -0.25) is 24.1 Å². The first-order valence-corrected chi connectivity index (χ1v) is 7.58. The van der Waals surface area contributed by atoms with Crippen molar-refractivity contribution in [2.24, 2.45) is 11.8 Å². The Bertz CT molecular complexity index is 489. The molecule has 7 nitrogen and oxygen atoms in total. The lowest BCUT2D eigenvalue weighted by molar-refractivity contribution is -0.143. The zero-order valence-electron chi connectivity index (χ0n) is 12.6. The molecule has 0 aromatic heterocycles. The van der Waals surface area contributed by atoms with Crippen LogP contribution in [-0.2, 0) is 19.2 Å². The molecule has 7 heteroatoms. The zero-order valence-corrected chi connectivity index (χ0v) is 12.6. The van der Waals surface area contributed by atoms with Crippen LogP contribution in [-0.4, -0.2) is 48.2 Å². The Kier molecular flexibility index (Phi) is 5.30. The number of imide groups is 1. The SMILES string of the molecule is CCCNC(=O)CNC(=O)CN1C(=O)[C@H]2CC=CC[C@H]2C1=O. The van der Waals surface area contributed by atoms with Crippen LogP contribution in [0.2, 0.25) is 0 Å². The maximum Gasteiger partial charge on any atom is 0.240 e. The molecule has 1 heterocycles. The summed E-state index contributed by atoms with van der Waals surface area (Å²) in [6.07, 6.45) is 5.70. The Hall–Kier alpha value is -2.18. The Morgan fingerprint density at radius 2 is 1.68 bits per heavy atom. The van der Waals surface area contributed by atoms with Gasteiger partial charge < -0.3 is 10.6 Å². The Balaban J connectivity index is 1.83. The maximum atomic E-state index is 12.2. The van der Waals surface area contributed by atoms with Gasteiger partial charge in [0, 0.05) is 6.54 Å². The molecular formula is C15H21N3O4. The van der Waals surface area contributed by atoms with E-state index in [1.165, 1.54) is 0 Å². The summed E-state index contributed by atoms with van der Waals surface area (Å²) in [4.78, 5) is 48.6. The summed E-state index contributed by atoms with van der Waals surface area (Å²) in [5, 5.41) is 5.06. The molecule has 0 unspecified atom stereocenters. The summed E-state index contributed by atoms with van der Waals surface area (Å²) in [5.41, 5.74) is 0. The number of rotatable bonds is 6. The van der Waals surface area contributed by atoms with Crippen molar-refractivity contribution in [2.45, 2.75) is 26.2 Å². The van der Waals surface area contributed by atoms with Gasteiger partial charge in [-0.1, -0.05) is 19.1 Å². The van der Waals surface area contributed by atoms with Crippen LogP contribution in [0.15, 0.2) is 12.2 Å². The molecule has 1 aliphatic heterocycles. The van der Waals surface area contributed by atoms with E-state index in [4.69, 9.17) is 0 Å². The number of hydrogen-bond acceptors (Lipinski definition) is 4. The van der Waals surface area contributed by atoms with E-state index in [0.717, 1.165) is 11.3 Å². The van der Waals surface area contributed by atoms with E-state index in [0.29, 0.717) is 19.4 Å². The molecular weight excluding hydrogens is 286 g/mol. The predicted octanol–water partition coefficient (Wildman–Crippen LogP) is -0.420. The van der Waals surface area contributed by atoms with Crippen LogP contribution < -0.4 is 10.6 Å². The fourth-order valence-electron chi connectivity index (χ4n) is 2.73. The van der Waals surface area contributed by atoms with E-state index in [1.807, 2.05) is 19.1 Å². The van der Waals surface area contributed by atoms with Crippen molar-refractivity contribution in [3.8, 4) is 0 Å². The molecule has 2 rings (SSSR count). The highest BCUT2D eigenvalue weighted by molar-refractivity contribution is 6.07. The average Bonchev–Trinajstić information content (AvgIpc) is 2.76. The van der Waals surface area contributed by atoms with Crippen LogP contribution >= 0.6 is 0 Å². The van der Waals surface area contributed by atoms with E-state index in [9.17, 15) is 19.2 Å². The Morgan fingerprint density at radius 3 is 2.23 bits per heavy atom. The van der Waals surface area contributed by atoms with Crippen LogP contribution in [0.1, 0.15) is 26.2 Å². The minimum Gasteiger partial charge on any atom is -0.355 e. The summed E-state index contributed by atoms with van der Waals surface area (Å²) < 4.78 is 0. The van der Waals surface area contributed by atoms with Crippen LogP contribution in [0, 0.1) is 11.8 Å². The number of allylic oxidation sites excluding steroid dienone is 2. The normalized spacial score (nSPS) is 23.4. The molecule has 120 valence electrons. The summed E-state index contributed by atoms with van der Waals surface area (Å²) in [6.45, 7) is 2.01. The lowest BCUT2D eigenvalue weighted by Crippen LogP contribution is -2.44. The minimum atomic E-state index is -0.500. The number of likely N-dealkylation sites (tertiary alicyclic amines) is 1. The standard InChI is InChI=1S/C15H21N3O4/c1-2-7-16-12(19)8-17-13(20)9-18-14(21)10-5-3-4-6-11(10)15(18)22/h3-4,10-11H,2,5-9H2,1H3,(H,16,19)(H,17,20)/t10-,11+. The molecule has 22 heavy (non-hydrogen) atoms. The lowest BCUT2D eigenvalue weighted by Gasteiger charge is -2.14. The fourth-order valence-corrected chi connectivity index (χ4v) is 2.73. The molecule has 1 aliphatic carbocycles. The monoisotopic (exact) mass is 307 g/mol. The van der Waals surface area contributed by atoms with Crippen LogP contribution in [0.4, 0.5) is 0 Å². The summed E-state index contributed by atoms with van der Waals surface area (Å²) in [7, 11) is 0. The molecule has 0 aromatic carbocycles. The molecule has 0 saturated carbocycles. The van der Waals surface area contributed by atoms with Crippen molar-refractivity contribution < 1.29 is 19.2 Å². The summed E-state index contributed by atoms with van der Waals surface area (Å²) in [5.74, 6) is -2.03. The zero-order chi connectivity index (χ0) is 16.1. The smallest absolute Gasteiger partial charge is 0.240 e. The lowest BCUT2D eigenvalue weighted by atomic mass is 9.85. The second-order valence-corrected chi connectivity index (χ2v) is 5.55. The summed E-state index contributed by atoms with van der Waals surface area (Å²) >= 11 is 0. The predicted molar refractivity (Wildman–Crippen MR) is 78.4 cm³/mol.